The smallest absolute Gasteiger partial charge is 0.408 e. The largest absolute Gasteiger partial charge is 1.00 e. The number of halogens is 1. The molecule has 1 aliphatic rings. The fourth-order valence-electron chi connectivity index (χ4n) is 6.02. The predicted molar refractivity (Wildman–Crippen MR) is 197 cm³/mol. The first-order valence-corrected chi connectivity index (χ1v) is 17.2. The van der Waals surface area contributed by atoms with E-state index >= 15 is 0 Å². The lowest BCUT2D eigenvalue weighted by Crippen LogP contribution is -3.00. The zero-order valence-electron chi connectivity index (χ0n) is 30.8. The summed E-state index contributed by atoms with van der Waals surface area (Å²) >= 11 is 0. The molecule has 272 valence electrons. The first-order valence-electron chi connectivity index (χ1n) is 17.2. The number of quaternary nitrogens is 1. The topological polar surface area (TPSA) is 110 Å². The third kappa shape index (κ3) is 11.1. The highest BCUT2D eigenvalue weighted by atomic mass is 127. The molecule has 12 heteroatoms. The number of carbonyl (C=O) groups excluding carboxylic acids is 2. The van der Waals surface area contributed by atoms with Crippen molar-refractivity contribution in [3.05, 3.63) is 72.2 Å². The maximum absolute atomic E-state index is 13.3. The molecule has 0 atom stereocenters. The van der Waals surface area contributed by atoms with Gasteiger partial charge in [-0.05, 0) is 101 Å². The highest BCUT2D eigenvalue weighted by molar-refractivity contribution is 5.96. The number of carbonyl (C=O) groups is 2. The van der Waals surface area contributed by atoms with Crippen LogP contribution < -0.4 is 39.3 Å². The maximum atomic E-state index is 13.3. The second-order valence-electron chi connectivity index (χ2n) is 14.6. The standard InChI is InChI=1S/C39H49N7O4.HI/c1-28-26-31(12-15-33(28)37(47)44(5)21-16-29-17-23-46(6,7)24-18-29)43-35-36-42-27-34(45(36)22-20-40-35)30-10-13-32(14-11-30)49-25-9-8-19-41-38(48)50-39(2,3)4;/h10-15,20,22,26-27,29H,16-19,21,23-25H2,1-7H3,(H-,40,41,43,47,48);1H. The number of imidazole rings is 1. The number of fused-ring (bicyclic) bond motifs is 1. The van der Waals surface area contributed by atoms with Crippen LogP contribution in [0, 0.1) is 24.7 Å². The van der Waals surface area contributed by atoms with E-state index in [1.165, 1.54) is 25.9 Å². The Kier molecular flexibility index (Phi) is 13.3. The summed E-state index contributed by atoms with van der Waals surface area (Å²) in [7, 11) is 6.50. The van der Waals surface area contributed by atoms with Gasteiger partial charge in [0.2, 0.25) is 0 Å². The predicted octanol–water partition coefficient (Wildman–Crippen LogP) is 3.31. The molecule has 0 saturated carbocycles. The van der Waals surface area contributed by atoms with Crippen molar-refractivity contribution < 1.29 is 47.5 Å². The summed E-state index contributed by atoms with van der Waals surface area (Å²) in [6.07, 6.45) is 8.44. The van der Waals surface area contributed by atoms with Crippen molar-refractivity contribution in [3.63, 3.8) is 0 Å². The molecule has 0 aliphatic carbocycles. The SMILES string of the molecule is Cc1cc(Nc2nccn3c(-c4ccc(OCC#CCNC(=O)OC(C)(C)C)cc4)cnc23)ccc1C(=O)N(C)CCC1CC[N+](C)(C)CC1.[I-]. The van der Waals surface area contributed by atoms with Crippen molar-refractivity contribution in [1.29, 1.82) is 0 Å². The fraction of sp³-hybridized carbons (Fsp3) is 0.436. The Morgan fingerprint density at radius 2 is 1.78 bits per heavy atom. The molecule has 2 amide bonds. The Balaban J connectivity index is 0.00000583. The van der Waals surface area contributed by atoms with Gasteiger partial charge in [0, 0.05) is 42.8 Å². The van der Waals surface area contributed by atoms with E-state index in [2.05, 4.69) is 46.5 Å². The normalized spacial score (nSPS) is 14.1. The van der Waals surface area contributed by atoms with Gasteiger partial charge in [0.05, 0.1) is 45.6 Å². The minimum absolute atomic E-state index is 0. The molecule has 2 aromatic heterocycles. The van der Waals surface area contributed by atoms with Gasteiger partial charge in [-0.3, -0.25) is 9.20 Å². The molecule has 1 fully saturated rings. The first kappa shape index (κ1) is 39.4. The van der Waals surface area contributed by atoms with Gasteiger partial charge in [-0.25, -0.2) is 14.8 Å². The Hall–Kier alpha value is -4.35. The molecule has 2 N–H and O–H groups in total. The number of nitrogens with one attached hydrogen (secondary N) is 2. The molecule has 0 bridgehead atoms. The van der Waals surface area contributed by atoms with Crippen LogP contribution in [0.5, 0.6) is 5.75 Å². The van der Waals surface area contributed by atoms with Gasteiger partial charge in [-0.2, -0.15) is 0 Å². The number of hydrogen-bond donors (Lipinski definition) is 2. The minimum Gasteiger partial charge on any atom is -1.00 e. The van der Waals surface area contributed by atoms with Crippen LogP contribution in [0.1, 0.15) is 56.0 Å². The van der Waals surface area contributed by atoms with E-state index in [1.54, 1.807) is 6.20 Å². The van der Waals surface area contributed by atoms with Crippen LogP contribution in [0.25, 0.3) is 16.9 Å². The molecular weight excluding hydrogens is 757 g/mol. The Labute approximate surface area is 318 Å². The Morgan fingerprint density at radius 3 is 2.47 bits per heavy atom. The van der Waals surface area contributed by atoms with Gasteiger partial charge in [-0.1, -0.05) is 11.8 Å². The number of anilines is 2. The van der Waals surface area contributed by atoms with Crippen molar-refractivity contribution in [2.24, 2.45) is 5.92 Å². The van der Waals surface area contributed by atoms with Crippen LogP contribution in [0.2, 0.25) is 0 Å². The zero-order chi connectivity index (χ0) is 35.9. The molecule has 1 saturated heterocycles. The number of nitrogens with zero attached hydrogens (tertiary/aromatic N) is 5. The van der Waals surface area contributed by atoms with Crippen LogP contribution >= 0.6 is 0 Å². The molecule has 0 radical (unpaired) electrons. The number of aromatic nitrogens is 3. The third-order valence-corrected chi connectivity index (χ3v) is 8.96. The summed E-state index contributed by atoms with van der Waals surface area (Å²) in [5, 5.41) is 6.00. The van der Waals surface area contributed by atoms with Crippen LogP contribution in [0.15, 0.2) is 61.1 Å². The summed E-state index contributed by atoms with van der Waals surface area (Å²) in [4.78, 5) is 36.1. The second kappa shape index (κ2) is 17.2. The highest BCUT2D eigenvalue weighted by Crippen LogP contribution is 2.28. The van der Waals surface area contributed by atoms with E-state index in [1.807, 2.05) is 98.9 Å². The number of rotatable bonds is 10. The van der Waals surface area contributed by atoms with Crippen molar-refractivity contribution in [3.8, 4) is 28.8 Å². The first-order chi connectivity index (χ1) is 23.8. The Morgan fingerprint density at radius 1 is 1.06 bits per heavy atom. The fourth-order valence-corrected chi connectivity index (χ4v) is 6.02. The number of alkyl carbamates (subject to hydrolysis) is 1. The van der Waals surface area contributed by atoms with Gasteiger partial charge in [0.25, 0.3) is 5.91 Å². The van der Waals surface area contributed by atoms with E-state index < -0.39 is 11.7 Å². The van der Waals surface area contributed by atoms with Gasteiger partial charge in [-0.15, -0.1) is 0 Å². The summed E-state index contributed by atoms with van der Waals surface area (Å²) in [5.74, 6) is 7.78. The van der Waals surface area contributed by atoms with Gasteiger partial charge in [0.15, 0.2) is 11.5 Å². The number of amides is 2. The molecule has 3 heterocycles. The number of piperidine rings is 1. The molecule has 0 unspecified atom stereocenters. The van der Waals surface area contributed by atoms with Crippen LogP contribution in [0.4, 0.5) is 16.3 Å². The molecule has 5 rings (SSSR count). The van der Waals surface area contributed by atoms with E-state index in [4.69, 9.17) is 9.47 Å². The average molecular weight is 808 g/mol. The monoisotopic (exact) mass is 807 g/mol. The van der Waals surface area contributed by atoms with Crippen molar-refractivity contribution in [1.82, 2.24) is 24.6 Å². The zero-order valence-corrected chi connectivity index (χ0v) is 32.9. The third-order valence-electron chi connectivity index (χ3n) is 8.96. The number of aryl methyl sites for hydroxylation is 1. The van der Waals surface area contributed by atoms with E-state index in [0.29, 0.717) is 28.7 Å². The number of likely N-dealkylation sites (tertiary alicyclic amines) is 1. The minimum atomic E-state index is -0.551. The molecule has 1 aliphatic heterocycles. The second-order valence-corrected chi connectivity index (χ2v) is 14.6. The van der Waals surface area contributed by atoms with Crippen molar-refractivity contribution >= 4 is 29.2 Å². The molecule has 51 heavy (non-hydrogen) atoms. The lowest BCUT2D eigenvalue weighted by molar-refractivity contribution is -0.896. The molecule has 0 spiro atoms. The molecule has 11 nitrogen and oxygen atoms in total. The summed E-state index contributed by atoms with van der Waals surface area (Å²) in [5.41, 5.74) is 4.45. The maximum Gasteiger partial charge on any atom is 0.408 e. The Bertz CT molecular complexity index is 1860. The van der Waals surface area contributed by atoms with Crippen molar-refractivity contribution in [2.75, 3.05) is 59.2 Å². The lowest BCUT2D eigenvalue weighted by Gasteiger charge is -2.37. The summed E-state index contributed by atoms with van der Waals surface area (Å²) in [6, 6.07) is 13.5. The van der Waals surface area contributed by atoms with Crippen LogP contribution in [-0.4, -0.2) is 95.3 Å². The van der Waals surface area contributed by atoms with Gasteiger partial charge < -0.3 is 53.5 Å². The molecule has 4 aromatic rings. The van der Waals surface area contributed by atoms with Crippen LogP contribution in [0.3, 0.4) is 0 Å². The highest BCUT2D eigenvalue weighted by Gasteiger charge is 2.26. The van der Waals surface area contributed by atoms with Gasteiger partial charge >= 0.3 is 6.09 Å². The van der Waals surface area contributed by atoms with Gasteiger partial charge in [0.1, 0.15) is 18.0 Å². The quantitative estimate of drug-likeness (QED) is 0.144. The van der Waals surface area contributed by atoms with E-state index in [0.717, 1.165) is 40.0 Å². The summed E-state index contributed by atoms with van der Waals surface area (Å²) < 4.78 is 14.0. The molecular formula is C39H50IN7O4. The number of ether oxygens (including phenoxy) is 2. The van der Waals surface area contributed by atoms with Crippen molar-refractivity contribution in [2.45, 2.75) is 52.6 Å². The number of benzene rings is 2. The summed E-state index contributed by atoms with van der Waals surface area (Å²) in [6.45, 7) is 11.0. The average Bonchev–Trinajstić information content (AvgIpc) is 3.50. The van der Waals surface area contributed by atoms with E-state index in [-0.39, 0.29) is 43.0 Å². The number of hydrogen-bond acceptors (Lipinski definition) is 7. The van der Waals surface area contributed by atoms with Crippen LogP contribution in [-0.2, 0) is 4.74 Å². The lowest BCUT2D eigenvalue weighted by atomic mass is 9.92. The van der Waals surface area contributed by atoms with E-state index in [9.17, 15) is 9.59 Å². The molecule has 2 aromatic carbocycles.